The van der Waals surface area contributed by atoms with Crippen LogP contribution in [0.25, 0.3) is 0 Å². The van der Waals surface area contributed by atoms with E-state index in [1.807, 2.05) is 0 Å². The number of hydrogen-bond donors (Lipinski definition) is 1. The minimum absolute atomic E-state index is 0.865. The lowest BCUT2D eigenvalue weighted by molar-refractivity contribution is 0.404. The van der Waals surface area contributed by atoms with Gasteiger partial charge in [-0.1, -0.05) is 25.1 Å². The van der Waals surface area contributed by atoms with Gasteiger partial charge in [0, 0.05) is 18.8 Å². The maximum atomic E-state index is 5.60. The average Bonchev–Trinajstić information content (AvgIpc) is 3.17. The molecule has 0 bridgehead atoms. The molecule has 0 radical (unpaired) electrons. The lowest BCUT2D eigenvalue weighted by atomic mass is 10.1. The second-order valence-corrected chi connectivity index (χ2v) is 5.97. The van der Waals surface area contributed by atoms with Crippen LogP contribution in [0.3, 0.4) is 0 Å². The highest BCUT2D eigenvalue weighted by Gasteiger charge is 2.25. The van der Waals surface area contributed by atoms with Gasteiger partial charge in [-0.15, -0.1) is 0 Å². The standard InChI is InChI=1S/C16H24N2S/c1-4-10-18(11-14-8-9-14)16(19)17-15-12(2)6-5-7-13(15)3/h5-7,14H,4,8-11H2,1-3H3,(H,17,19). The first-order chi connectivity index (χ1) is 9.11. The molecule has 1 aromatic rings. The summed E-state index contributed by atoms with van der Waals surface area (Å²) in [5, 5.41) is 4.33. The van der Waals surface area contributed by atoms with Crippen LogP contribution in [0.15, 0.2) is 18.2 Å². The first kappa shape index (κ1) is 14.3. The summed E-state index contributed by atoms with van der Waals surface area (Å²) < 4.78 is 0. The van der Waals surface area contributed by atoms with Gasteiger partial charge in [-0.05, 0) is 62.4 Å². The van der Waals surface area contributed by atoms with Crippen molar-refractivity contribution in [1.29, 1.82) is 0 Å². The maximum Gasteiger partial charge on any atom is 0.173 e. The highest BCUT2D eigenvalue weighted by atomic mass is 32.1. The number of hydrogen-bond acceptors (Lipinski definition) is 1. The van der Waals surface area contributed by atoms with Crippen molar-refractivity contribution in [1.82, 2.24) is 4.90 Å². The third-order valence-corrected chi connectivity index (χ3v) is 4.03. The van der Waals surface area contributed by atoms with Crippen molar-refractivity contribution in [3.05, 3.63) is 29.3 Å². The van der Waals surface area contributed by atoms with Crippen LogP contribution in [0.4, 0.5) is 5.69 Å². The third kappa shape index (κ3) is 3.93. The normalized spacial score (nSPS) is 14.3. The van der Waals surface area contributed by atoms with Crippen molar-refractivity contribution in [2.75, 3.05) is 18.4 Å². The average molecular weight is 276 g/mol. The molecular formula is C16H24N2S. The quantitative estimate of drug-likeness (QED) is 0.814. The van der Waals surface area contributed by atoms with Crippen molar-refractivity contribution < 1.29 is 0 Å². The van der Waals surface area contributed by atoms with Crippen molar-refractivity contribution in [2.24, 2.45) is 5.92 Å². The lowest BCUT2D eigenvalue weighted by Gasteiger charge is -2.26. The van der Waals surface area contributed by atoms with Gasteiger partial charge in [0.05, 0.1) is 0 Å². The SMILES string of the molecule is CCCN(CC1CC1)C(=S)Nc1c(C)cccc1C. The van der Waals surface area contributed by atoms with E-state index in [1.54, 1.807) is 0 Å². The Morgan fingerprint density at radius 1 is 1.32 bits per heavy atom. The van der Waals surface area contributed by atoms with E-state index >= 15 is 0 Å². The van der Waals surface area contributed by atoms with Crippen molar-refractivity contribution in [3.8, 4) is 0 Å². The number of nitrogens with one attached hydrogen (secondary N) is 1. The smallest absolute Gasteiger partial charge is 0.173 e. The molecule has 0 amide bonds. The van der Waals surface area contributed by atoms with Gasteiger partial charge in [0.15, 0.2) is 5.11 Å². The monoisotopic (exact) mass is 276 g/mol. The van der Waals surface area contributed by atoms with Crippen LogP contribution in [0, 0.1) is 19.8 Å². The molecule has 1 fully saturated rings. The zero-order valence-corrected chi connectivity index (χ0v) is 13.0. The van der Waals surface area contributed by atoms with E-state index in [4.69, 9.17) is 12.2 Å². The van der Waals surface area contributed by atoms with Crippen molar-refractivity contribution in [3.63, 3.8) is 0 Å². The van der Waals surface area contributed by atoms with Crippen LogP contribution in [0.2, 0.25) is 0 Å². The van der Waals surface area contributed by atoms with Crippen LogP contribution < -0.4 is 5.32 Å². The largest absolute Gasteiger partial charge is 0.349 e. The zero-order valence-electron chi connectivity index (χ0n) is 12.2. The van der Waals surface area contributed by atoms with Crippen LogP contribution in [0.5, 0.6) is 0 Å². The molecule has 0 aliphatic heterocycles. The summed E-state index contributed by atoms with van der Waals surface area (Å²) in [6.07, 6.45) is 3.87. The fourth-order valence-electron chi connectivity index (χ4n) is 2.36. The van der Waals surface area contributed by atoms with E-state index in [0.717, 1.165) is 30.5 Å². The van der Waals surface area contributed by atoms with Crippen LogP contribution in [0.1, 0.15) is 37.3 Å². The summed E-state index contributed by atoms with van der Waals surface area (Å²) in [5.74, 6) is 0.865. The van der Waals surface area contributed by atoms with Crippen molar-refractivity contribution >= 4 is 23.0 Å². The molecule has 0 aromatic heterocycles. The lowest BCUT2D eigenvalue weighted by Crippen LogP contribution is -2.37. The van der Waals surface area contributed by atoms with Crippen LogP contribution >= 0.6 is 12.2 Å². The molecule has 1 aliphatic carbocycles. The Kier molecular flexibility index (Phi) is 4.81. The third-order valence-electron chi connectivity index (χ3n) is 3.67. The van der Waals surface area contributed by atoms with Gasteiger partial charge in [-0.2, -0.15) is 0 Å². The molecule has 19 heavy (non-hydrogen) atoms. The molecule has 2 rings (SSSR count). The zero-order chi connectivity index (χ0) is 13.8. The molecular weight excluding hydrogens is 252 g/mol. The molecule has 2 nitrogen and oxygen atoms in total. The molecule has 0 unspecified atom stereocenters. The van der Waals surface area contributed by atoms with E-state index in [-0.39, 0.29) is 0 Å². The summed E-state index contributed by atoms with van der Waals surface area (Å²) in [6.45, 7) is 8.63. The molecule has 1 N–H and O–H groups in total. The van der Waals surface area contributed by atoms with Gasteiger partial charge >= 0.3 is 0 Å². The van der Waals surface area contributed by atoms with E-state index in [0.29, 0.717) is 0 Å². The molecule has 1 aromatic carbocycles. The van der Waals surface area contributed by atoms with Crippen LogP contribution in [-0.2, 0) is 0 Å². The fourth-order valence-corrected chi connectivity index (χ4v) is 2.62. The number of anilines is 1. The van der Waals surface area contributed by atoms with Gasteiger partial charge in [0.25, 0.3) is 0 Å². The number of thiocarbonyl (C=S) groups is 1. The van der Waals surface area contributed by atoms with Gasteiger partial charge in [-0.3, -0.25) is 0 Å². The summed E-state index contributed by atoms with van der Waals surface area (Å²) in [6, 6.07) is 6.35. The van der Waals surface area contributed by atoms with Crippen molar-refractivity contribution in [2.45, 2.75) is 40.0 Å². The van der Waals surface area contributed by atoms with Gasteiger partial charge in [0.1, 0.15) is 0 Å². The Morgan fingerprint density at radius 3 is 2.47 bits per heavy atom. The highest BCUT2D eigenvalue weighted by Crippen LogP contribution is 2.30. The predicted molar refractivity (Wildman–Crippen MR) is 86.7 cm³/mol. The molecule has 0 spiro atoms. The first-order valence-corrected chi connectivity index (χ1v) is 7.64. The summed E-state index contributed by atoms with van der Waals surface area (Å²) >= 11 is 5.60. The second kappa shape index (κ2) is 6.38. The van der Waals surface area contributed by atoms with Gasteiger partial charge < -0.3 is 10.2 Å². The number of aryl methyl sites for hydroxylation is 2. The number of para-hydroxylation sites is 1. The molecule has 0 saturated heterocycles. The molecule has 3 heteroatoms. The van der Waals surface area contributed by atoms with E-state index in [2.05, 4.69) is 49.2 Å². The predicted octanol–water partition coefficient (Wildman–Crippen LogP) is 4.12. The van der Waals surface area contributed by atoms with E-state index in [1.165, 1.54) is 29.7 Å². The molecule has 0 atom stereocenters. The second-order valence-electron chi connectivity index (χ2n) is 5.59. The molecule has 0 heterocycles. The Balaban J connectivity index is 2.04. The molecule has 104 valence electrons. The fraction of sp³-hybridized carbons (Fsp3) is 0.562. The Labute approximate surface area is 122 Å². The Morgan fingerprint density at radius 2 is 1.95 bits per heavy atom. The topological polar surface area (TPSA) is 15.3 Å². The molecule has 1 saturated carbocycles. The Hall–Kier alpha value is -1.09. The summed E-state index contributed by atoms with van der Waals surface area (Å²) in [7, 11) is 0. The number of benzene rings is 1. The summed E-state index contributed by atoms with van der Waals surface area (Å²) in [4.78, 5) is 2.33. The number of rotatable bonds is 5. The summed E-state index contributed by atoms with van der Waals surface area (Å²) in [5.41, 5.74) is 3.68. The van der Waals surface area contributed by atoms with Gasteiger partial charge in [-0.25, -0.2) is 0 Å². The molecule has 1 aliphatic rings. The maximum absolute atomic E-state index is 5.60. The van der Waals surface area contributed by atoms with Gasteiger partial charge in [0.2, 0.25) is 0 Å². The van der Waals surface area contributed by atoms with E-state index in [9.17, 15) is 0 Å². The first-order valence-electron chi connectivity index (χ1n) is 7.24. The Bertz CT molecular complexity index is 432. The van der Waals surface area contributed by atoms with E-state index < -0.39 is 0 Å². The minimum atomic E-state index is 0.865. The highest BCUT2D eigenvalue weighted by molar-refractivity contribution is 7.80. The minimum Gasteiger partial charge on any atom is -0.349 e. The van der Waals surface area contributed by atoms with Crippen LogP contribution in [-0.4, -0.2) is 23.1 Å². The number of nitrogens with zero attached hydrogens (tertiary/aromatic N) is 1.